The molecule has 0 saturated carbocycles. The number of fused-ring (bicyclic) bond motifs is 1. The molecule has 0 bridgehead atoms. The van der Waals surface area contributed by atoms with Gasteiger partial charge in [0.15, 0.2) is 5.82 Å². The maximum atomic E-state index is 13.3. The fraction of sp³-hybridized carbons (Fsp3) is 0.0800. The van der Waals surface area contributed by atoms with E-state index < -0.39 is 17.3 Å². The molecule has 0 amide bonds. The zero-order chi connectivity index (χ0) is 23.4. The van der Waals surface area contributed by atoms with Crippen LogP contribution in [0.4, 0.5) is 13.2 Å². The Labute approximate surface area is 187 Å². The summed E-state index contributed by atoms with van der Waals surface area (Å²) in [5.74, 6) is 0.508. The lowest BCUT2D eigenvalue weighted by atomic mass is 10.1. The van der Waals surface area contributed by atoms with Gasteiger partial charge in [0.25, 0.3) is 5.56 Å². The van der Waals surface area contributed by atoms with Crippen molar-refractivity contribution in [1.29, 1.82) is 0 Å². The molecule has 0 N–H and O–H groups in total. The highest BCUT2D eigenvalue weighted by atomic mass is 19.4. The number of alkyl halides is 3. The lowest BCUT2D eigenvalue weighted by Crippen LogP contribution is -2.20. The molecule has 0 aliphatic heterocycles. The fourth-order valence-electron chi connectivity index (χ4n) is 3.24. The van der Waals surface area contributed by atoms with E-state index in [0.29, 0.717) is 22.2 Å². The van der Waals surface area contributed by atoms with Gasteiger partial charge in [-0.1, -0.05) is 49.1 Å². The van der Waals surface area contributed by atoms with E-state index in [9.17, 15) is 18.0 Å². The number of aromatic nitrogens is 2. The highest BCUT2D eigenvalue weighted by Gasteiger charge is 2.30. The van der Waals surface area contributed by atoms with Crippen LogP contribution in [0.3, 0.4) is 0 Å². The molecule has 1 heterocycles. The monoisotopic (exact) mass is 449 g/mol. The Morgan fingerprint density at radius 2 is 1.79 bits per heavy atom. The number of hydrogen-bond donors (Lipinski definition) is 0. The van der Waals surface area contributed by atoms with Crippen molar-refractivity contribution in [3.8, 4) is 17.1 Å². The average molecular weight is 449 g/mol. The van der Waals surface area contributed by atoms with Crippen LogP contribution in [0.5, 0.6) is 5.75 Å². The van der Waals surface area contributed by atoms with Gasteiger partial charge in [-0.3, -0.25) is 4.79 Å². The van der Waals surface area contributed by atoms with Gasteiger partial charge in [0.05, 0.1) is 22.7 Å². The van der Waals surface area contributed by atoms with Crippen LogP contribution in [0.1, 0.15) is 11.1 Å². The summed E-state index contributed by atoms with van der Waals surface area (Å²) in [6.07, 6.45) is -1.53. The third-order valence-corrected chi connectivity index (χ3v) is 4.79. The molecule has 0 radical (unpaired) electrons. The Hall–Kier alpha value is -4.20. The Bertz CT molecular complexity index is 1410. The van der Waals surface area contributed by atoms with Crippen LogP contribution in [0.15, 0.2) is 95.3 Å². The van der Waals surface area contributed by atoms with Gasteiger partial charge >= 0.3 is 6.18 Å². The first kappa shape index (κ1) is 22.0. The van der Waals surface area contributed by atoms with E-state index in [4.69, 9.17) is 4.74 Å². The zero-order valence-electron chi connectivity index (χ0n) is 17.3. The van der Waals surface area contributed by atoms with Gasteiger partial charge in [-0.05, 0) is 36.4 Å². The van der Waals surface area contributed by atoms with Crippen molar-refractivity contribution in [3.63, 3.8) is 0 Å². The summed E-state index contributed by atoms with van der Waals surface area (Å²) >= 11 is 0. The standard InChI is InChI=1S/C25H18F3N3O2/c1-2-14-33-22-13-6-3-8-18(22)16-29-31-23(17-9-7-10-19(15-17)25(26,27)28)30-21-12-5-4-11-20(21)24(31)32/h2-13,15-16H,1,14H2. The van der Waals surface area contributed by atoms with Crippen molar-refractivity contribution >= 4 is 17.1 Å². The second-order valence-electron chi connectivity index (χ2n) is 7.03. The predicted molar refractivity (Wildman–Crippen MR) is 122 cm³/mol. The molecule has 0 aliphatic carbocycles. The Morgan fingerprint density at radius 1 is 1.03 bits per heavy atom. The highest BCUT2D eigenvalue weighted by Crippen LogP contribution is 2.32. The van der Waals surface area contributed by atoms with Crippen LogP contribution in [-0.2, 0) is 6.18 Å². The molecule has 0 atom stereocenters. The van der Waals surface area contributed by atoms with Crippen LogP contribution >= 0.6 is 0 Å². The molecule has 33 heavy (non-hydrogen) atoms. The van der Waals surface area contributed by atoms with E-state index in [2.05, 4.69) is 16.7 Å². The van der Waals surface area contributed by atoms with E-state index >= 15 is 0 Å². The number of rotatable bonds is 6. The van der Waals surface area contributed by atoms with Crippen molar-refractivity contribution in [3.05, 3.63) is 107 Å². The van der Waals surface area contributed by atoms with Crippen molar-refractivity contribution in [2.24, 2.45) is 5.10 Å². The molecular weight excluding hydrogens is 431 g/mol. The van der Waals surface area contributed by atoms with Crippen LogP contribution < -0.4 is 10.3 Å². The largest absolute Gasteiger partial charge is 0.489 e. The van der Waals surface area contributed by atoms with Crippen molar-refractivity contribution in [2.75, 3.05) is 6.61 Å². The summed E-state index contributed by atoms with van der Waals surface area (Å²) < 4.78 is 46.5. The summed E-state index contributed by atoms with van der Waals surface area (Å²) in [4.78, 5) is 17.7. The molecule has 5 nitrogen and oxygen atoms in total. The molecule has 0 unspecified atom stereocenters. The molecule has 1 aromatic heterocycles. The molecule has 0 spiro atoms. The fourth-order valence-corrected chi connectivity index (χ4v) is 3.24. The summed E-state index contributed by atoms with van der Waals surface area (Å²) in [5.41, 5.74) is -0.304. The molecule has 0 aliphatic rings. The van der Waals surface area contributed by atoms with Gasteiger partial charge in [-0.2, -0.15) is 22.9 Å². The van der Waals surface area contributed by atoms with E-state index in [0.717, 1.165) is 16.8 Å². The first-order valence-electron chi connectivity index (χ1n) is 9.95. The first-order chi connectivity index (χ1) is 15.9. The van der Waals surface area contributed by atoms with E-state index in [-0.39, 0.29) is 18.0 Å². The molecule has 4 aromatic rings. The lowest BCUT2D eigenvalue weighted by Gasteiger charge is -2.12. The quantitative estimate of drug-likeness (QED) is 0.287. The molecule has 4 rings (SSSR count). The van der Waals surface area contributed by atoms with E-state index in [1.165, 1.54) is 18.3 Å². The van der Waals surface area contributed by atoms with Gasteiger partial charge in [-0.25, -0.2) is 4.98 Å². The number of ether oxygens (including phenoxy) is 1. The minimum Gasteiger partial charge on any atom is -0.489 e. The zero-order valence-corrected chi connectivity index (χ0v) is 17.3. The second kappa shape index (κ2) is 9.12. The van der Waals surface area contributed by atoms with E-state index in [1.807, 2.05) is 0 Å². The van der Waals surface area contributed by atoms with Gasteiger partial charge in [-0.15, -0.1) is 0 Å². The average Bonchev–Trinajstić information content (AvgIpc) is 2.82. The molecule has 0 saturated heterocycles. The normalized spacial score (nSPS) is 11.7. The number of nitrogens with zero attached hydrogens (tertiary/aromatic N) is 3. The summed E-state index contributed by atoms with van der Waals surface area (Å²) in [6.45, 7) is 3.89. The van der Waals surface area contributed by atoms with Crippen molar-refractivity contribution < 1.29 is 17.9 Å². The maximum absolute atomic E-state index is 13.3. The third kappa shape index (κ3) is 4.69. The highest BCUT2D eigenvalue weighted by molar-refractivity contribution is 5.84. The number of benzene rings is 3. The topological polar surface area (TPSA) is 56.5 Å². The molecule has 3 aromatic carbocycles. The van der Waals surface area contributed by atoms with Crippen LogP contribution in [0.2, 0.25) is 0 Å². The molecule has 0 fully saturated rings. The van der Waals surface area contributed by atoms with Gasteiger partial charge in [0.1, 0.15) is 12.4 Å². The van der Waals surface area contributed by atoms with Gasteiger partial charge < -0.3 is 4.74 Å². The summed E-state index contributed by atoms with van der Waals surface area (Å²) in [7, 11) is 0. The van der Waals surface area contributed by atoms with Gasteiger partial charge in [0, 0.05) is 11.1 Å². The summed E-state index contributed by atoms with van der Waals surface area (Å²) in [5, 5.41) is 4.59. The maximum Gasteiger partial charge on any atom is 0.416 e. The molecule has 8 heteroatoms. The first-order valence-corrected chi connectivity index (χ1v) is 9.95. The van der Waals surface area contributed by atoms with Crippen LogP contribution in [0.25, 0.3) is 22.3 Å². The number of halogens is 3. The smallest absolute Gasteiger partial charge is 0.416 e. The van der Waals surface area contributed by atoms with Crippen molar-refractivity contribution in [2.45, 2.75) is 6.18 Å². The second-order valence-corrected chi connectivity index (χ2v) is 7.03. The van der Waals surface area contributed by atoms with Gasteiger partial charge in [0.2, 0.25) is 0 Å². The minimum atomic E-state index is -4.54. The van der Waals surface area contributed by atoms with E-state index in [1.54, 1.807) is 54.6 Å². The van der Waals surface area contributed by atoms with Crippen molar-refractivity contribution in [1.82, 2.24) is 9.66 Å². The predicted octanol–water partition coefficient (Wildman–Crippen LogP) is 5.53. The Kier molecular flexibility index (Phi) is 6.08. The van der Waals surface area contributed by atoms with Crippen LogP contribution in [0, 0.1) is 0 Å². The third-order valence-electron chi connectivity index (χ3n) is 4.79. The Balaban J connectivity index is 1.90. The number of hydrogen-bond acceptors (Lipinski definition) is 4. The minimum absolute atomic E-state index is 0.00876. The molecule has 166 valence electrons. The van der Waals surface area contributed by atoms with Crippen LogP contribution in [-0.4, -0.2) is 22.5 Å². The number of para-hydroxylation sites is 2. The SMILES string of the molecule is C=CCOc1ccccc1C=Nn1c(-c2cccc(C(F)(F)F)c2)nc2ccccc2c1=O. The Morgan fingerprint density at radius 3 is 2.58 bits per heavy atom. The summed E-state index contributed by atoms with van der Waals surface area (Å²) in [6, 6.07) is 18.3. The lowest BCUT2D eigenvalue weighted by molar-refractivity contribution is -0.137. The molecular formula is C25H18F3N3O2.